The first-order valence-electron chi connectivity index (χ1n) is 23.4. The first-order chi connectivity index (χ1) is 25.9. The smallest absolute Gasteiger partial charge is 0.306 e. The third kappa shape index (κ3) is 41.4. The van der Waals surface area contributed by atoms with E-state index in [4.69, 9.17) is 14.2 Å². The van der Waals surface area contributed by atoms with Gasteiger partial charge in [-0.3, -0.25) is 14.4 Å². The molecule has 314 valence electrons. The molecule has 0 aliphatic carbocycles. The van der Waals surface area contributed by atoms with E-state index < -0.39 is 6.10 Å². The van der Waals surface area contributed by atoms with E-state index >= 15 is 0 Å². The Morgan fingerprint density at radius 1 is 0.358 bits per heavy atom. The molecule has 0 bridgehead atoms. The second-order valence-corrected chi connectivity index (χ2v) is 16.5. The van der Waals surface area contributed by atoms with Gasteiger partial charge in [-0.05, 0) is 25.2 Å². The Kier molecular flexibility index (Phi) is 40.3. The number of hydrogen-bond donors (Lipinski definition) is 0. The zero-order valence-electron chi connectivity index (χ0n) is 36.0. The SMILES string of the molecule is CCCCCCCCCCCCCCCCCC(=O)O[C@H](COC(=O)CCCCCCCCC)COC(=O)CCCCCCCCCCCCC(C)C. The van der Waals surface area contributed by atoms with E-state index in [1.807, 2.05) is 0 Å². The van der Waals surface area contributed by atoms with Crippen LogP contribution in [0.15, 0.2) is 0 Å². The maximum atomic E-state index is 12.7. The third-order valence-corrected chi connectivity index (χ3v) is 10.5. The van der Waals surface area contributed by atoms with Crippen molar-refractivity contribution >= 4 is 17.9 Å². The lowest BCUT2D eigenvalue weighted by atomic mass is 10.0. The quantitative estimate of drug-likeness (QED) is 0.0351. The predicted molar refractivity (Wildman–Crippen MR) is 224 cm³/mol. The first kappa shape index (κ1) is 51.4. The van der Waals surface area contributed by atoms with Crippen LogP contribution >= 0.6 is 0 Å². The van der Waals surface area contributed by atoms with Crippen LogP contribution in [0, 0.1) is 5.92 Å². The average molecular weight is 751 g/mol. The van der Waals surface area contributed by atoms with E-state index in [1.54, 1.807) is 0 Å². The minimum atomic E-state index is -0.758. The van der Waals surface area contributed by atoms with E-state index in [-0.39, 0.29) is 31.1 Å². The Morgan fingerprint density at radius 3 is 0.925 bits per heavy atom. The average Bonchev–Trinajstić information content (AvgIpc) is 3.14. The first-order valence-corrected chi connectivity index (χ1v) is 23.4. The Bertz CT molecular complexity index is 796. The molecule has 0 aromatic carbocycles. The molecular formula is C47H90O6. The highest BCUT2D eigenvalue weighted by atomic mass is 16.6. The molecule has 0 unspecified atom stereocenters. The minimum absolute atomic E-state index is 0.0642. The number of esters is 3. The molecule has 0 N–H and O–H groups in total. The molecule has 0 spiro atoms. The topological polar surface area (TPSA) is 78.9 Å². The predicted octanol–water partition coefficient (Wildman–Crippen LogP) is 14.7. The molecule has 0 amide bonds. The van der Waals surface area contributed by atoms with Gasteiger partial charge >= 0.3 is 17.9 Å². The van der Waals surface area contributed by atoms with Gasteiger partial charge in [0.25, 0.3) is 0 Å². The van der Waals surface area contributed by atoms with Crippen LogP contribution in [0.25, 0.3) is 0 Å². The largest absolute Gasteiger partial charge is 0.462 e. The van der Waals surface area contributed by atoms with Gasteiger partial charge in [-0.15, -0.1) is 0 Å². The molecule has 0 rings (SSSR count). The van der Waals surface area contributed by atoms with Gasteiger partial charge in [0.1, 0.15) is 13.2 Å². The molecule has 0 saturated carbocycles. The fraction of sp³-hybridized carbons (Fsp3) is 0.936. The summed E-state index contributed by atoms with van der Waals surface area (Å²) in [6.07, 6.45) is 41.0. The second-order valence-electron chi connectivity index (χ2n) is 16.5. The highest BCUT2D eigenvalue weighted by Crippen LogP contribution is 2.16. The summed E-state index contributed by atoms with van der Waals surface area (Å²) in [5, 5.41) is 0. The van der Waals surface area contributed by atoms with Crippen LogP contribution in [-0.4, -0.2) is 37.2 Å². The molecule has 6 heteroatoms. The maximum Gasteiger partial charge on any atom is 0.306 e. The standard InChI is InChI=1S/C47H90O6/c1-5-7-9-11-13-14-15-16-17-18-19-24-28-32-36-40-47(50)53-44(41-51-45(48)38-34-30-25-12-10-8-6-2)42-52-46(49)39-35-31-27-23-21-20-22-26-29-33-37-43(3)4/h43-44H,5-42H2,1-4H3/t44-/m1/s1. The molecule has 0 saturated heterocycles. The van der Waals surface area contributed by atoms with E-state index in [9.17, 15) is 14.4 Å². The molecule has 0 aliphatic heterocycles. The molecule has 0 aromatic heterocycles. The lowest BCUT2D eigenvalue weighted by Gasteiger charge is -2.18. The van der Waals surface area contributed by atoms with Gasteiger partial charge in [-0.25, -0.2) is 0 Å². The maximum absolute atomic E-state index is 12.7. The van der Waals surface area contributed by atoms with Crippen molar-refractivity contribution < 1.29 is 28.6 Å². The molecule has 1 atom stereocenters. The fourth-order valence-corrected chi connectivity index (χ4v) is 6.98. The highest BCUT2D eigenvalue weighted by Gasteiger charge is 2.19. The summed E-state index contributed by atoms with van der Waals surface area (Å²) in [5.74, 6) is -0.0399. The summed E-state index contributed by atoms with van der Waals surface area (Å²) in [7, 11) is 0. The molecule has 0 heterocycles. The van der Waals surface area contributed by atoms with Crippen LogP contribution in [-0.2, 0) is 28.6 Å². The molecule has 0 aromatic rings. The summed E-state index contributed by atoms with van der Waals surface area (Å²) in [6.45, 7) is 8.95. The number of ether oxygens (including phenoxy) is 3. The van der Waals surface area contributed by atoms with Crippen LogP contribution in [0.4, 0.5) is 0 Å². The molecule has 53 heavy (non-hydrogen) atoms. The zero-order chi connectivity index (χ0) is 38.9. The number of rotatable bonds is 42. The van der Waals surface area contributed by atoms with Crippen LogP contribution in [0.3, 0.4) is 0 Å². The summed E-state index contributed by atoms with van der Waals surface area (Å²) in [5.41, 5.74) is 0. The Balaban J connectivity index is 4.25. The van der Waals surface area contributed by atoms with Gasteiger partial charge in [0, 0.05) is 19.3 Å². The zero-order valence-corrected chi connectivity index (χ0v) is 36.0. The number of carbonyl (C=O) groups excluding carboxylic acids is 3. The van der Waals surface area contributed by atoms with Crippen molar-refractivity contribution in [1.29, 1.82) is 0 Å². The lowest BCUT2D eigenvalue weighted by Crippen LogP contribution is -2.30. The Morgan fingerprint density at radius 2 is 0.623 bits per heavy atom. The van der Waals surface area contributed by atoms with Crippen molar-refractivity contribution in [3.63, 3.8) is 0 Å². The van der Waals surface area contributed by atoms with E-state index in [0.717, 1.165) is 63.7 Å². The fourth-order valence-electron chi connectivity index (χ4n) is 6.98. The molecular weight excluding hydrogens is 661 g/mol. The summed E-state index contributed by atoms with van der Waals surface area (Å²) in [4.78, 5) is 37.6. The van der Waals surface area contributed by atoms with E-state index in [1.165, 1.54) is 154 Å². The highest BCUT2D eigenvalue weighted by molar-refractivity contribution is 5.71. The number of unbranched alkanes of at least 4 members (excludes halogenated alkanes) is 29. The van der Waals surface area contributed by atoms with Crippen LogP contribution < -0.4 is 0 Å². The Hall–Kier alpha value is -1.59. The normalized spacial score (nSPS) is 11.9. The summed E-state index contributed by atoms with van der Waals surface area (Å²) >= 11 is 0. The van der Waals surface area contributed by atoms with Crippen molar-refractivity contribution in [3.05, 3.63) is 0 Å². The van der Waals surface area contributed by atoms with Gasteiger partial charge < -0.3 is 14.2 Å². The van der Waals surface area contributed by atoms with Crippen molar-refractivity contribution in [2.75, 3.05) is 13.2 Å². The summed E-state index contributed by atoms with van der Waals surface area (Å²) in [6, 6.07) is 0. The number of hydrogen-bond acceptors (Lipinski definition) is 6. The monoisotopic (exact) mass is 751 g/mol. The Labute approximate surface area is 329 Å². The van der Waals surface area contributed by atoms with Crippen molar-refractivity contribution in [3.8, 4) is 0 Å². The van der Waals surface area contributed by atoms with Crippen LogP contribution in [0.1, 0.15) is 259 Å². The van der Waals surface area contributed by atoms with Gasteiger partial charge in [0.15, 0.2) is 6.10 Å². The van der Waals surface area contributed by atoms with Crippen LogP contribution in [0.5, 0.6) is 0 Å². The van der Waals surface area contributed by atoms with E-state index in [0.29, 0.717) is 19.3 Å². The number of carbonyl (C=O) groups is 3. The van der Waals surface area contributed by atoms with Crippen molar-refractivity contribution in [2.24, 2.45) is 5.92 Å². The lowest BCUT2D eigenvalue weighted by molar-refractivity contribution is -0.167. The van der Waals surface area contributed by atoms with E-state index in [2.05, 4.69) is 27.7 Å². The third-order valence-electron chi connectivity index (χ3n) is 10.5. The van der Waals surface area contributed by atoms with Crippen molar-refractivity contribution in [2.45, 2.75) is 265 Å². The molecule has 0 aliphatic rings. The molecule has 6 nitrogen and oxygen atoms in total. The molecule has 0 radical (unpaired) electrons. The van der Waals surface area contributed by atoms with Gasteiger partial charge in [0.2, 0.25) is 0 Å². The minimum Gasteiger partial charge on any atom is -0.462 e. The van der Waals surface area contributed by atoms with Crippen LogP contribution in [0.2, 0.25) is 0 Å². The van der Waals surface area contributed by atoms with Crippen molar-refractivity contribution in [1.82, 2.24) is 0 Å². The van der Waals surface area contributed by atoms with Gasteiger partial charge in [0.05, 0.1) is 0 Å². The summed E-state index contributed by atoms with van der Waals surface area (Å²) < 4.78 is 16.7. The van der Waals surface area contributed by atoms with Gasteiger partial charge in [-0.2, -0.15) is 0 Å². The molecule has 0 fully saturated rings. The van der Waals surface area contributed by atoms with Gasteiger partial charge in [-0.1, -0.05) is 220 Å². The second kappa shape index (κ2) is 41.6.